The van der Waals surface area contributed by atoms with E-state index in [1.54, 1.807) is 31.3 Å². The fourth-order valence-corrected chi connectivity index (χ4v) is 4.48. The zero-order valence-electron chi connectivity index (χ0n) is 21.0. The van der Waals surface area contributed by atoms with Gasteiger partial charge in [0.15, 0.2) is 17.6 Å². The van der Waals surface area contributed by atoms with Crippen LogP contribution in [0, 0.1) is 0 Å². The number of rotatable bonds is 8. The maximum Gasteiger partial charge on any atom is 0.346 e. The number of benzene rings is 2. The first kappa shape index (κ1) is 25.2. The lowest BCUT2D eigenvalue weighted by Gasteiger charge is -2.22. The third-order valence-corrected chi connectivity index (χ3v) is 6.38. The molecule has 0 N–H and O–H groups in total. The number of carbonyl (C=O) groups excluding carboxylic acids is 1. The number of esters is 1. The van der Waals surface area contributed by atoms with Gasteiger partial charge in [0.1, 0.15) is 5.82 Å². The van der Waals surface area contributed by atoms with E-state index in [1.165, 1.54) is 32.4 Å². The molecule has 0 radical (unpaired) electrons. The molecule has 0 unspecified atom stereocenters. The summed E-state index contributed by atoms with van der Waals surface area (Å²) in [6.45, 7) is 1.58. The molecule has 1 aliphatic rings. The average Bonchev–Trinajstić information content (AvgIpc) is 2.92. The summed E-state index contributed by atoms with van der Waals surface area (Å²) < 4.78 is 22.9. The maximum atomic E-state index is 13.4. The van der Waals surface area contributed by atoms with Gasteiger partial charge in [-0.25, -0.2) is 9.78 Å². The summed E-state index contributed by atoms with van der Waals surface area (Å²) in [6.07, 6.45) is 6.08. The van der Waals surface area contributed by atoms with Gasteiger partial charge in [-0.1, -0.05) is 31.4 Å². The van der Waals surface area contributed by atoms with E-state index < -0.39 is 12.1 Å². The number of aromatic nitrogens is 2. The lowest BCUT2D eigenvalue weighted by Crippen LogP contribution is -2.25. The lowest BCUT2D eigenvalue weighted by molar-refractivity contribution is -0.148. The number of nitrogens with zero attached hydrogens (tertiary/aromatic N) is 3. The Kier molecular flexibility index (Phi) is 7.87. The van der Waals surface area contributed by atoms with Crippen LogP contribution in [-0.2, 0) is 9.53 Å². The van der Waals surface area contributed by atoms with E-state index in [9.17, 15) is 9.59 Å². The van der Waals surface area contributed by atoms with Gasteiger partial charge in [0, 0.05) is 11.5 Å². The van der Waals surface area contributed by atoms with Crippen LogP contribution < -0.4 is 19.8 Å². The van der Waals surface area contributed by atoms with Crippen LogP contribution in [0.25, 0.3) is 10.9 Å². The van der Waals surface area contributed by atoms with E-state index in [0.29, 0.717) is 33.8 Å². The first-order valence-corrected chi connectivity index (χ1v) is 12.0. The van der Waals surface area contributed by atoms with Crippen LogP contribution in [-0.4, -0.2) is 49.3 Å². The molecule has 0 bridgehead atoms. The second-order valence-corrected chi connectivity index (χ2v) is 8.72. The standard InChI is InChI=1S/C27H31N3O6/c1-17(27(32)35-4)36-24-22(33-2)14-18(15-23(24)34-3)16-28-30-25(19-10-6-5-7-11-19)29-21-13-9-8-12-20(21)26(30)31/h8-9,12-17,19H,5-7,10-11H2,1-4H3/t17-/m1/s1. The molecule has 1 aliphatic carbocycles. The summed E-state index contributed by atoms with van der Waals surface area (Å²) in [6, 6.07) is 10.7. The Bertz CT molecular complexity index is 1300. The second-order valence-electron chi connectivity index (χ2n) is 8.72. The van der Waals surface area contributed by atoms with Crippen molar-refractivity contribution in [1.82, 2.24) is 9.66 Å². The fourth-order valence-electron chi connectivity index (χ4n) is 4.48. The Labute approximate surface area is 209 Å². The number of fused-ring (bicyclic) bond motifs is 1. The maximum absolute atomic E-state index is 13.4. The SMILES string of the molecule is COC(=O)[C@@H](C)Oc1c(OC)cc(C=Nn2c(C3CCCCC3)nc3ccccc3c2=O)cc1OC. The van der Waals surface area contributed by atoms with E-state index in [-0.39, 0.29) is 17.2 Å². The van der Waals surface area contributed by atoms with Gasteiger partial charge in [-0.05, 0) is 44.0 Å². The molecule has 2 aromatic carbocycles. The molecular formula is C27H31N3O6. The topological polar surface area (TPSA) is 101 Å². The normalized spacial score (nSPS) is 15.1. The first-order chi connectivity index (χ1) is 17.5. The van der Waals surface area contributed by atoms with E-state index >= 15 is 0 Å². The largest absolute Gasteiger partial charge is 0.493 e. The van der Waals surface area contributed by atoms with Crippen LogP contribution in [0.3, 0.4) is 0 Å². The Morgan fingerprint density at radius 2 is 1.75 bits per heavy atom. The van der Waals surface area contributed by atoms with Crippen molar-refractivity contribution in [2.75, 3.05) is 21.3 Å². The molecule has 1 aromatic heterocycles. The van der Waals surface area contributed by atoms with Gasteiger partial charge in [-0.3, -0.25) is 4.79 Å². The fraction of sp³-hybridized carbons (Fsp3) is 0.407. The molecule has 3 aromatic rings. The zero-order valence-corrected chi connectivity index (χ0v) is 21.0. The highest BCUT2D eigenvalue weighted by molar-refractivity contribution is 5.83. The number of methoxy groups -OCH3 is 3. The molecule has 0 aliphatic heterocycles. The molecule has 9 nitrogen and oxygen atoms in total. The van der Waals surface area contributed by atoms with Gasteiger partial charge >= 0.3 is 5.97 Å². The van der Waals surface area contributed by atoms with Crippen molar-refractivity contribution in [1.29, 1.82) is 0 Å². The first-order valence-electron chi connectivity index (χ1n) is 12.0. The molecule has 9 heteroatoms. The molecule has 0 amide bonds. The van der Waals surface area contributed by atoms with Crippen molar-refractivity contribution in [3.8, 4) is 17.2 Å². The molecule has 190 valence electrons. The van der Waals surface area contributed by atoms with Crippen molar-refractivity contribution in [2.45, 2.75) is 51.0 Å². The van der Waals surface area contributed by atoms with E-state index in [1.807, 2.05) is 18.2 Å². The van der Waals surface area contributed by atoms with Crippen molar-refractivity contribution >= 4 is 23.1 Å². The average molecular weight is 494 g/mol. The quantitative estimate of drug-likeness (QED) is 0.341. The zero-order chi connectivity index (χ0) is 25.7. The van der Waals surface area contributed by atoms with Gasteiger partial charge in [0.25, 0.3) is 5.56 Å². The monoisotopic (exact) mass is 493 g/mol. The molecule has 1 atom stereocenters. The van der Waals surface area contributed by atoms with E-state index in [2.05, 4.69) is 5.10 Å². The highest BCUT2D eigenvalue weighted by Crippen LogP contribution is 2.39. The third kappa shape index (κ3) is 5.19. The molecule has 36 heavy (non-hydrogen) atoms. The second kappa shape index (κ2) is 11.2. The van der Waals surface area contributed by atoms with Gasteiger partial charge < -0.3 is 18.9 Å². The number of ether oxygens (including phenoxy) is 4. The van der Waals surface area contributed by atoms with Crippen molar-refractivity contribution in [3.63, 3.8) is 0 Å². The Hall–Kier alpha value is -3.88. The Morgan fingerprint density at radius 3 is 2.39 bits per heavy atom. The van der Waals surface area contributed by atoms with E-state index in [0.717, 1.165) is 25.7 Å². The molecule has 0 spiro atoms. The molecular weight excluding hydrogens is 462 g/mol. The van der Waals surface area contributed by atoms with Crippen molar-refractivity contribution < 1.29 is 23.7 Å². The van der Waals surface area contributed by atoms with Crippen LogP contribution >= 0.6 is 0 Å². The molecule has 0 saturated heterocycles. The minimum atomic E-state index is -0.863. The number of carbonyl (C=O) groups is 1. The lowest BCUT2D eigenvalue weighted by atomic mass is 9.88. The van der Waals surface area contributed by atoms with Crippen LogP contribution in [0.4, 0.5) is 0 Å². The van der Waals surface area contributed by atoms with E-state index in [4.69, 9.17) is 23.9 Å². The predicted molar refractivity (Wildman–Crippen MR) is 136 cm³/mol. The van der Waals surface area contributed by atoms with Crippen LogP contribution in [0.5, 0.6) is 17.2 Å². The number of hydrogen-bond donors (Lipinski definition) is 0. The summed E-state index contributed by atoms with van der Waals surface area (Å²) in [5.41, 5.74) is 1.10. The highest BCUT2D eigenvalue weighted by atomic mass is 16.6. The molecule has 1 fully saturated rings. The Balaban J connectivity index is 1.76. The number of para-hydroxylation sites is 1. The van der Waals surface area contributed by atoms with Crippen molar-refractivity contribution in [3.05, 3.63) is 58.1 Å². The summed E-state index contributed by atoms with van der Waals surface area (Å²) in [7, 11) is 4.27. The molecule has 1 heterocycles. The van der Waals surface area contributed by atoms with Crippen LogP contribution in [0.1, 0.15) is 56.3 Å². The molecule has 4 rings (SSSR count). The summed E-state index contributed by atoms with van der Waals surface area (Å²) in [5.74, 6) is 1.30. The van der Waals surface area contributed by atoms with Gasteiger partial charge in [0.05, 0.1) is 38.4 Å². The summed E-state index contributed by atoms with van der Waals surface area (Å²) in [4.78, 5) is 30.1. The summed E-state index contributed by atoms with van der Waals surface area (Å²) in [5, 5.41) is 5.09. The number of hydrogen-bond acceptors (Lipinski definition) is 8. The van der Waals surface area contributed by atoms with Gasteiger partial charge in [-0.2, -0.15) is 9.78 Å². The minimum absolute atomic E-state index is 0.174. The predicted octanol–water partition coefficient (Wildman–Crippen LogP) is 4.28. The molecule has 1 saturated carbocycles. The Morgan fingerprint density at radius 1 is 1.08 bits per heavy atom. The smallest absolute Gasteiger partial charge is 0.346 e. The minimum Gasteiger partial charge on any atom is -0.493 e. The van der Waals surface area contributed by atoms with Crippen LogP contribution in [0.15, 0.2) is 46.3 Å². The third-order valence-electron chi connectivity index (χ3n) is 6.38. The highest BCUT2D eigenvalue weighted by Gasteiger charge is 2.23. The van der Waals surface area contributed by atoms with Crippen molar-refractivity contribution in [2.24, 2.45) is 5.10 Å². The van der Waals surface area contributed by atoms with Gasteiger partial charge in [-0.15, -0.1) is 0 Å². The summed E-state index contributed by atoms with van der Waals surface area (Å²) >= 11 is 0. The van der Waals surface area contributed by atoms with Gasteiger partial charge in [0.2, 0.25) is 5.75 Å². The van der Waals surface area contributed by atoms with Crippen LogP contribution in [0.2, 0.25) is 0 Å².